The van der Waals surface area contributed by atoms with E-state index in [1.165, 1.54) is 12.5 Å². The first-order valence-electron chi connectivity index (χ1n) is 7.18. The Morgan fingerprint density at radius 1 is 1.26 bits per heavy atom. The molecule has 0 amide bonds. The first-order chi connectivity index (χ1) is 8.67. The van der Waals surface area contributed by atoms with Gasteiger partial charge in [0.15, 0.2) is 0 Å². The number of hydrogen-bond donors (Lipinski definition) is 1. The van der Waals surface area contributed by atoms with Gasteiger partial charge in [0.05, 0.1) is 0 Å². The maximum Gasteiger partial charge on any atom is 0.123 e. The third-order valence-electron chi connectivity index (χ3n) is 3.45. The van der Waals surface area contributed by atoms with Gasteiger partial charge >= 0.3 is 0 Å². The number of nitrogens with two attached hydrogens (primary N) is 1. The smallest absolute Gasteiger partial charge is 0.123 e. The summed E-state index contributed by atoms with van der Waals surface area (Å²) in [5.74, 6) is 0.451. The van der Waals surface area contributed by atoms with Crippen molar-refractivity contribution in [1.29, 1.82) is 0 Å². The van der Waals surface area contributed by atoms with E-state index in [-0.39, 0.29) is 11.9 Å². The highest BCUT2D eigenvalue weighted by molar-refractivity contribution is 5.27. The summed E-state index contributed by atoms with van der Waals surface area (Å²) >= 11 is 0. The molecule has 19 heavy (non-hydrogen) atoms. The highest BCUT2D eigenvalue weighted by atomic mass is 19.1. The summed E-state index contributed by atoms with van der Waals surface area (Å²) in [6.45, 7) is 11.0. The summed E-state index contributed by atoms with van der Waals surface area (Å²) in [5.41, 5.74) is 8.75. The van der Waals surface area contributed by atoms with Gasteiger partial charge in [-0.15, -0.1) is 0 Å². The minimum Gasteiger partial charge on any atom is -0.327 e. The second kappa shape index (κ2) is 6.51. The molecule has 0 bridgehead atoms. The number of benzene rings is 1. The van der Waals surface area contributed by atoms with E-state index < -0.39 is 0 Å². The summed E-state index contributed by atoms with van der Waals surface area (Å²) < 4.78 is 13.0. The fraction of sp³-hybridized carbons (Fsp3) is 0.647. The van der Waals surface area contributed by atoms with Gasteiger partial charge in [-0.05, 0) is 60.8 Å². The van der Waals surface area contributed by atoms with Crippen molar-refractivity contribution >= 4 is 0 Å². The molecule has 0 saturated heterocycles. The number of hydrogen-bond acceptors (Lipinski definition) is 1. The summed E-state index contributed by atoms with van der Waals surface area (Å²) in [6.07, 6.45) is 3.04. The van der Waals surface area contributed by atoms with Crippen LogP contribution in [0.1, 0.15) is 51.7 Å². The van der Waals surface area contributed by atoms with Gasteiger partial charge in [-0.25, -0.2) is 4.39 Å². The van der Waals surface area contributed by atoms with Crippen molar-refractivity contribution in [2.24, 2.45) is 17.1 Å². The van der Waals surface area contributed by atoms with Gasteiger partial charge < -0.3 is 5.73 Å². The van der Waals surface area contributed by atoms with E-state index in [1.807, 2.05) is 13.0 Å². The van der Waals surface area contributed by atoms with Crippen LogP contribution >= 0.6 is 0 Å². The molecular formula is C17H28FN. The van der Waals surface area contributed by atoms with Gasteiger partial charge in [0.2, 0.25) is 0 Å². The highest BCUT2D eigenvalue weighted by Gasteiger charge is 2.18. The lowest BCUT2D eigenvalue weighted by Crippen LogP contribution is -2.27. The average molecular weight is 265 g/mol. The van der Waals surface area contributed by atoms with Crippen molar-refractivity contribution in [2.75, 3.05) is 0 Å². The van der Waals surface area contributed by atoms with Crippen LogP contribution in [-0.4, -0.2) is 6.04 Å². The number of rotatable bonds is 5. The van der Waals surface area contributed by atoms with Crippen LogP contribution in [-0.2, 0) is 6.42 Å². The minimum absolute atomic E-state index is 0.154. The molecule has 1 rings (SSSR count). The number of halogens is 1. The van der Waals surface area contributed by atoms with Crippen LogP contribution in [0.5, 0.6) is 0 Å². The topological polar surface area (TPSA) is 26.0 Å². The van der Waals surface area contributed by atoms with Crippen molar-refractivity contribution in [2.45, 2.75) is 59.9 Å². The van der Waals surface area contributed by atoms with Crippen LogP contribution in [0.2, 0.25) is 0 Å². The van der Waals surface area contributed by atoms with E-state index in [2.05, 4.69) is 27.7 Å². The van der Waals surface area contributed by atoms with Gasteiger partial charge in [0.1, 0.15) is 5.82 Å². The molecule has 0 heterocycles. The van der Waals surface area contributed by atoms with Gasteiger partial charge in [-0.1, -0.05) is 33.8 Å². The van der Waals surface area contributed by atoms with Crippen LogP contribution in [0.15, 0.2) is 18.2 Å². The molecule has 1 aromatic rings. The molecule has 0 aliphatic heterocycles. The lowest BCUT2D eigenvalue weighted by Gasteiger charge is -2.25. The minimum atomic E-state index is -0.170. The zero-order valence-corrected chi connectivity index (χ0v) is 13.0. The third kappa shape index (κ3) is 6.20. The van der Waals surface area contributed by atoms with Crippen LogP contribution in [0.4, 0.5) is 4.39 Å². The van der Waals surface area contributed by atoms with Crippen LogP contribution in [0.25, 0.3) is 0 Å². The predicted molar refractivity (Wildman–Crippen MR) is 80.7 cm³/mol. The van der Waals surface area contributed by atoms with Crippen LogP contribution in [0, 0.1) is 24.1 Å². The van der Waals surface area contributed by atoms with E-state index in [9.17, 15) is 4.39 Å². The summed E-state index contributed by atoms with van der Waals surface area (Å²) in [4.78, 5) is 0. The highest BCUT2D eigenvalue weighted by Crippen LogP contribution is 2.27. The molecule has 2 atom stereocenters. The molecule has 0 radical (unpaired) electrons. The molecular weight excluding hydrogens is 237 g/mol. The Morgan fingerprint density at radius 3 is 2.42 bits per heavy atom. The predicted octanol–water partition coefficient (Wildman–Crippen LogP) is 4.47. The third-order valence-corrected chi connectivity index (χ3v) is 3.45. The second-order valence-corrected chi connectivity index (χ2v) is 7.14. The molecule has 2 unspecified atom stereocenters. The Kier molecular flexibility index (Phi) is 5.54. The van der Waals surface area contributed by atoms with Crippen molar-refractivity contribution in [3.63, 3.8) is 0 Å². The molecule has 0 aliphatic carbocycles. The van der Waals surface area contributed by atoms with Crippen molar-refractivity contribution in [1.82, 2.24) is 0 Å². The van der Waals surface area contributed by atoms with E-state index in [1.54, 1.807) is 6.07 Å². The van der Waals surface area contributed by atoms with Gasteiger partial charge in [0.25, 0.3) is 0 Å². The maximum absolute atomic E-state index is 13.0. The molecule has 0 aromatic heterocycles. The molecule has 0 spiro atoms. The first-order valence-corrected chi connectivity index (χ1v) is 7.18. The molecule has 0 saturated carbocycles. The largest absolute Gasteiger partial charge is 0.327 e. The summed E-state index contributed by atoms with van der Waals surface area (Å²) in [5, 5.41) is 0. The molecule has 0 aliphatic rings. The summed E-state index contributed by atoms with van der Waals surface area (Å²) in [7, 11) is 0. The van der Waals surface area contributed by atoms with Gasteiger partial charge in [0, 0.05) is 6.04 Å². The van der Waals surface area contributed by atoms with E-state index in [0.29, 0.717) is 11.3 Å². The summed E-state index contributed by atoms with van der Waals surface area (Å²) in [6, 6.07) is 5.12. The zero-order valence-electron chi connectivity index (χ0n) is 13.0. The quantitative estimate of drug-likeness (QED) is 0.835. The average Bonchev–Trinajstić information content (AvgIpc) is 2.19. The second-order valence-electron chi connectivity index (χ2n) is 7.14. The Bertz CT molecular complexity index is 406. The van der Waals surface area contributed by atoms with Gasteiger partial charge in [-0.2, -0.15) is 0 Å². The van der Waals surface area contributed by atoms with E-state index in [4.69, 9.17) is 5.73 Å². The fourth-order valence-electron chi connectivity index (χ4n) is 2.90. The molecule has 1 aromatic carbocycles. The first kappa shape index (κ1) is 16.2. The number of aryl methyl sites for hydroxylation is 1. The molecule has 108 valence electrons. The lowest BCUT2D eigenvalue weighted by molar-refractivity contribution is 0.285. The monoisotopic (exact) mass is 265 g/mol. The van der Waals surface area contributed by atoms with Crippen molar-refractivity contribution in [3.8, 4) is 0 Å². The zero-order chi connectivity index (χ0) is 14.6. The maximum atomic E-state index is 13.0. The van der Waals surface area contributed by atoms with E-state index >= 15 is 0 Å². The molecule has 1 nitrogen and oxygen atoms in total. The van der Waals surface area contributed by atoms with Crippen molar-refractivity contribution in [3.05, 3.63) is 35.1 Å². The Morgan fingerprint density at radius 2 is 1.89 bits per heavy atom. The van der Waals surface area contributed by atoms with Crippen molar-refractivity contribution < 1.29 is 4.39 Å². The normalized spacial score (nSPS) is 15.3. The SMILES string of the molecule is Cc1cc(F)ccc1CC(N)CC(C)CC(C)(C)C. The Hall–Kier alpha value is -0.890. The Balaban J connectivity index is 2.53. The molecule has 0 fully saturated rings. The van der Waals surface area contributed by atoms with E-state index in [0.717, 1.165) is 24.0 Å². The van der Waals surface area contributed by atoms with Crippen LogP contribution < -0.4 is 5.73 Å². The lowest BCUT2D eigenvalue weighted by atomic mass is 9.82. The molecule has 2 N–H and O–H groups in total. The van der Waals surface area contributed by atoms with Gasteiger partial charge in [-0.3, -0.25) is 0 Å². The fourth-order valence-corrected chi connectivity index (χ4v) is 2.90. The molecule has 2 heteroatoms. The standard InChI is InChI=1S/C17H28FN/c1-12(11-17(3,4)5)8-16(19)10-14-6-7-15(18)9-13(14)2/h6-7,9,12,16H,8,10-11,19H2,1-5H3. The Labute approximate surface area is 117 Å². The van der Waals surface area contributed by atoms with Crippen LogP contribution in [0.3, 0.4) is 0 Å².